The minimum atomic E-state index is 0.884. The molecule has 11 heavy (non-hydrogen) atoms. The summed E-state index contributed by atoms with van der Waals surface area (Å²) in [6, 6.07) is 0.884. The first-order valence-electron chi connectivity index (χ1n) is 4.73. The van der Waals surface area contributed by atoms with Gasteiger partial charge < -0.3 is 5.32 Å². The van der Waals surface area contributed by atoms with Crippen LogP contribution in [0, 0.1) is 6.42 Å². The van der Waals surface area contributed by atoms with Crippen LogP contribution in [0.2, 0.25) is 0 Å². The molecule has 0 aromatic carbocycles. The molecular formula is C9H17N2. The van der Waals surface area contributed by atoms with Crippen LogP contribution in [0.5, 0.6) is 0 Å². The number of nitrogens with one attached hydrogen (secondary N) is 1. The van der Waals surface area contributed by atoms with E-state index in [0.717, 1.165) is 6.04 Å². The van der Waals surface area contributed by atoms with E-state index < -0.39 is 0 Å². The minimum absolute atomic E-state index is 0.884. The van der Waals surface area contributed by atoms with Crippen LogP contribution in [-0.2, 0) is 0 Å². The highest BCUT2D eigenvalue weighted by Crippen LogP contribution is 2.17. The first-order chi connectivity index (χ1) is 5.47. The zero-order valence-corrected chi connectivity index (χ0v) is 7.05. The second-order valence-corrected chi connectivity index (χ2v) is 3.55. The highest BCUT2D eigenvalue weighted by atomic mass is 15.2. The van der Waals surface area contributed by atoms with Crippen molar-refractivity contribution >= 4 is 0 Å². The summed E-state index contributed by atoms with van der Waals surface area (Å²) in [4.78, 5) is 2.63. The van der Waals surface area contributed by atoms with Gasteiger partial charge in [-0.05, 0) is 45.3 Å². The van der Waals surface area contributed by atoms with Gasteiger partial charge in [0.2, 0.25) is 0 Å². The maximum atomic E-state index is 3.40. The fraction of sp³-hybridized carbons (Fsp3) is 0.889. The second kappa shape index (κ2) is 3.55. The van der Waals surface area contributed by atoms with E-state index in [1.165, 1.54) is 45.4 Å². The number of hydrogen-bond acceptors (Lipinski definition) is 2. The average molecular weight is 153 g/mol. The van der Waals surface area contributed by atoms with Gasteiger partial charge in [0, 0.05) is 12.6 Å². The molecule has 1 N–H and O–H groups in total. The highest BCUT2D eigenvalue weighted by molar-refractivity contribution is 4.87. The molecule has 0 aromatic rings. The molecule has 2 fully saturated rings. The first kappa shape index (κ1) is 7.56. The molecule has 2 heterocycles. The predicted octanol–water partition coefficient (Wildman–Crippen LogP) is 0.648. The largest absolute Gasteiger partial charge is 0.317 e. The Labute approximate surface area is 69.0 Å². The Morgan fingerprint density at radius 3 is 2.73 bits per heavy atom. The summed E-state index contributed by atoms with van der Waals surface area (Å²) in [6.07, 6.45) is 6.42. The summed E-state index contributed by atoms with van der Waals surface area (Å²) in [7, 11) is 0. The van der Waals surface area contributed by atoms with Crippen molar-refractivity contribution in [2.24, 2.45) is 0 Å². The van der Waals surface area contributed by atoms with Crippen molar-refractivity contribution in [3.05, 3.63) is 6.42 Å². The molecule has 63 valence electrons. The van der Waals surface area contributed by atoms with Gasteiger partial charge in [0.15, 0.2) is 0 Å². The Kier molecular flexibility index (Phi) is 2.44. The Morgan fingerprint density at radius 1 is 1.27 bits per heavy atom. The zero-order valence-electron chi connectivity index (χ0n) is 7.05. The Bertz CT molecular complexity index is 113. The van der Waals surface area contributed by atoms with E-state index in [1.54, 1.807) is 0 Å². The molecule has 2 aliphatic rings. The van der Waals surface area contributed by atoms with Crippen molar-refractivity contribution < 1.29 is 0 Å². The number of nitrogens with zero attached hydrogens (tertiary/aromatic N) is 1. The van der Waals surface area contributed by atoms with Crippen LogP contribution in [0.4, 0.5) is 0 Å². The van der Waals surface area contributed by atoms with Gasteiger partial charge in [-0.25, -0.2) is 0 Å². The average Bonchev–Trinajstić information content (AvgIpc) is 2.58. The maximum Gasteiger partial charge on any atom is 0.0119 e. The van der Waals surface area contributed by atoms with Crippen LogP contribution in [0.25, 0.3) is 0 Å². The van der Waals surface area contributed by atoms with Crippen molar-refractivity contribution in [1.82, 2.24) is 10.2 Å². The Balaban J connectivity index is 1.82. The number of rotatable bonds is 1. The minimum Gasteiger partial charge on any atom is -0.317 e. The Hall–Kier alpha value is -0.0800. The normalized spacial score (nSPS) is 29.5. The van der Waals surface area contributed by atoms with E-state index in [-0.39, 0.29) is 0 Å². The van der Waals surface area contributed by atoms with Crippen molar-refractivity contribution in [3.63, 3.8) is 0 Å². The molecule has 0 amide bonds. The van der Waals surface area contributed by atoms with Gasteiger partial charge in [0.1, 0.15) is 0 Å². The zero-order chi connectivity index (χ0) is 7.52. The smallest absolute Gasteiger partial charge is 0.0119 e. The van der Waals surface area contributed by atoms with Gasteiger partial charge >= 0.3 is 0 Å². The molecule has 0 atom stereocenters. The van der Waals surface area contributed by atoms with Crippen LogP contribution >= 0.6 is 0 Å². The molecule has 2 nitrogen and oxygen atoms in total. The standard InChI is InChI=1S/C9H17N2/c1-2-8-11(7-1)9-3-5-10-6-4-9/h1,9-10H,2-8H2. The molecule has 0 bridgehead atoms. The maximum absolute atomic E-state index is 3.40. The molecule has 2 rings (SSSR count). The fourth-order valence-electron chi connectivity index (χ4n) is 2.11. The van der Waals surface area contributed by atoms with Crippen LogP contribution < -0.4 is 5.32 Å². The predicted molar refractivity (Wildman–Crippen MR) is 46.4 cm³/mol. The van der Waals surface area contributed by atoms with Crippen LogP contribution in [0.3, 0.4) is 0 Å². The molecule has 2 saturated heterocycles. The number of piperidine rings is 1. The van der Waals surface area contributed by atoms with Crippen LogP contribution in [-0.4, -0.2) is 37.1 Å². The van der Waals surface area contributed by atoms with Gasteiger partial charge in [-0.15, -0.1) is 0 Å². The van der Waals surface area contributed by atoms with Crippen molar-refractivity contribution in [3.8, 4) is 0 Å². The summed E-state index contributed by atoms with van der Waals surface area (Å²) in [5.74, 6) is 0. The molecular weight excluding hydrogens is 136 g/mol. The van der Waals surface area contributed by atoms with Gasteiger partial charge in [-0.1, -0.05) is 0 Å². The first-order valence-corrected chi connectivity index (χ1v) is 4.73. The second-order valence-electron chi connectivity index (χ2n) is 3.55. The summed E-state index contributed by atoms with van der Waals surface area (Å²) >= 11 is 0. The van der Waals surface area contributed by atoms with Crippen molar-refractivity contribution in [1.29, 1.82) is 0 Å². The van der Waals surface area contributed by atoms with Gasteiger partial charge in [0.25, 0.3) is 0 Å². The van der Waals surface area contributed by atoms with Crippen LogP contribution in [0.15, 0.2) is 0 Å². The van der Waals surface area contributed by atoms with E-state index >= 15 is 0 Å². The molecule has 0 aromatic heterocycles. The summed E-state index contributed by atoms with van der Waals surface area (Å²) in [5, 5.41) is 3.40. The molecule has 0 aliphatic carbocycles. The van der Waals surface area contributed by atoms with E-state index in [2.05, 4.69) is 16.6 Å². The van der Waals surface area contributed by atoms with Crippen molar-refractivity contribution in [2.75, 3.05) is 26.2 Å². The Morgan fingerprint density at radius 2 is 2.09 bits per heavy atom. The molecule has 2 heteroatoms. The topological polar surface area (TPSA) is 15.3 Å². The van der Waals surface area contributed by atoms with Crippen molar-refractivity contribution in [2.45, 2.75) is 25.3 Å². The van der Waals surface area contributed by atoms with Crippen LogP contribution in [0.1, 0.15) is 19.3 Å². The fourth-order valence-corrected chi connectivity index (χ4v) is 2.11. The summed E-state index contributed by atoms with van der Waals surface area (Å²) < 4.78 is 0. The third-order valence-corrected chi connectivity index (χ3v) is 2.81. The van der Waals surface area contributed by atoms with Gasteiger partial charge in [-0.2, -0.15) is 0 Å². The third kappa shape index (κ3) is 1.74. The monoisotopic (exact) mass is 153 g/mol. The van der Waals surface area contributed by atoms with Gasteiger partial charge in [0.05, 0.1) is 0 Å². The van der Waals surface area contributed by atoms with E-state index in [0.29, 0.717) is 0 Å². The number of hydrogen-bond donors (Lipinski definition) is 1. The highest BCUT2D eigenvalue weighted by Gasteiger charge is 2.22. The van der Waals surface area contributed by atoms with E-state index in [9.17, 15) is 0 Å². The molecule has 2 aliphatic heterocycles. The quantitative estimate of drug-likeness (QED) is 0.595. The third-order valence-electron chi connectivity index (χ3n) is 2.81. The van der Waals surface area contributed by atoms with E-state index in [1.807, 2.05) is 0 Å². The molecule has 0 spiro atoms. The molecule has 0 unspecified atom stereocenters. The lowest BCUT2D eigenvalue weighted by Crippen LogP contribution is -2.41. The molecule has 0 saturated carbocycles. The lowest BCUT2D eigenvalue weighted by atomic mass is 10.1. The van der Waals surface area contributed by atoms with E-state index in [4.69, 9.17) is 0 Å². The van der Waals surface area contributed by atoms with Gasteiger partial charge in [-0.3, -0.25) is 4.90 Å². The SMILES string of the molecule is [CH]1CCN(C2CCNCC2)C1. The lowest BCUT2D eigenvalue weighted by Gasteiger charge is -2.30. The molecule has 1 radical (unpaired) electrons. The number of likely N-dealkylation sites (tertiary alicyclic amines) is 1. The summed E-state index contributed by atoms with van der Waals surface area (Å²) in [6.45, 7) is 5.00. The lowest BCUT2D eigenvalue weighted by molar-refractivity contribution is 0.202. The summed E-state index contributed by atoms with van der Waals surface area (Å²) in [5.41, 5.74) is 0.